The number of aryl methyl sites for hydroxylation is 2. The average molecular weight is 449 g/mol. The molecule has 0 saturated heterocycles. The molecule has 1 aliphatic carbocycles. The van der Waals surface area contributed by atoms with Crippen molar-refractivity contribution in [3.05, 3.63) is 53.3 Å². The Hall–Kier alpha value is -3.22. The molecule has 0 radical (unpaired) electrons. The first-order valence-corrected chi connectivity index (χ1v) is 11.6. The summed E-state index contributed by atoms with van der Waals surface area (Å²) in [5.41, 5.74) is 2.29. The van der Waals surface area contributed by atoms with E-state index in [-0.39, 0.29) is 36.7 Å². The fraction of sp³-hybridized carbons (Fsp3) is 0.462. The Bertz CT molecular complexity index is 1060. The first-order chi connectivity index (χ1) is 15.7. The van der Waals surface area contributed by atoms with E-state index in [0.29, 0.717) is 11.5 Å². The zero-order valence-corrected chi connectivity index (χ0v) is 19.9. The smallest absolute Gasteiger partial charge is 0.254 e. The van der Waals surface area contributed by atoms with Gasteiger partial charge in [-0.2, -0.15) is 4.99 Å². The van der Waals surface area contributed by atoms with Gasteiger partial charge in [-0.15, -0.1) is 0 Å². The summed E-state index contributed by atoms with van der Waals surface area (Å²) in [4.78, 5) is 47.3. The molecule has 1 aromatic rings. The van der Waals surface area contributed by atoms with E-state index < -0.39 is 5.54 Å². The van der Waals surface area contributed by atoms with Crippen LogP contribution in [-0.4, -0.2) is 46.6 Å². The lowest BCUT2D eigenvalue weighted by Gasteiger charge is -2.45. The fourth-order valence-corrected chi connectivity index (χ4v) is 5.03. The highest BCUT2D eigenvalue weighted by Gasteiger charge is 2.48. The molecule has 0 unspecified atom stereocenters. The summed E-state index contributed by atoms with van der Waals surface area (Å²) in [7, 11) is 0. The SMILES string of the molecule is CC1=CC=CN2C1=NC(=O)C[C@]2(C)C(=O)N(CC(=O)NC1CCCC1)c1cc(C)cc(C)c1. The number of hydrogen-bond donors (Lipinski definition) is 1. The van der Waals surface area contributed by atoms with Crippen molar-refractivity contribution in [2.75, 3.05) is 11.4 Å². The number of anilines is 1. The number of carbonyl (C=O) groups excluding carboxylic acids is 3. The van der Waals surface area contributed by atoms with Gasteiger partial charge in [-0.3, -0.25) is 14.4 Å². The summed E-state index contributed by atoms with van der Waals surface area (Å²) in [6, 6.07) is 6.02. The van der Waals surface area contributed by atoms with Gasteiger partial charge in [-0.25, -0.2) is 0 Å². The van der Waals surface area contributed by atoms with Gasteiger partial charge < -0.3 is 15.1 Å². The van der Waals surface area contributed by atoms with Crippen LogP contribution in [-0.2, 0) is 14.4 Å². The number of amides is 3. The lowest BCUT2D eigenvalue weighted by atomic mass is 9.89. The Balaban J connectivity index is 1.69. The van der Waals surface area contributed by atoms with Crippen LogP contribution in [0, 0.1) is 13.8 Å². The standard InChI is InChI=1S/C26H32N4O3/c1-17-12-18(2)14-21(13-17)29(16-23(32)27-20-9-5-6-10-20)25(33)26(4)15-22(31)28-24-19(3)8-7-11-30(24)26/h7-8,11-14,20H,5-6,9-10,15-16H2,1-4H3,(H,27,32)/t26-/m1/s1. The number of nitrogens with one attached hydrogen (secondary N) is 1. The van der Waals surface area contributed by atoms with E-state index in [2.05, 4.69) is 10.3 Å². The van der Waals surface area contributed by atoms with Crippen molar-refractivity contribution in [3.8, 4) is 0 Å². The van der Waals surface area contributed by atoms with Crippen LogP contribution < -0.4 is 10.2 Å². The highest BCUT2D eigenvalue weighted by molar-refractivity contribution is 6.15. The fourth-order valence-electron chi connectivity index (χ4n) is 5.03. The topological polar surface area (TPSA) is 82.1 Å². The van der Waals surface area contributed by atoms with Crippen molar-refractivity contribution in [1.29, 1.82) is 0 Å². The van der Waals surface area contributed by atoms with Crippen molar-refractivity contribution in [2.45, 2.75) is 71.4 Å². The normalized spacial score (nSPS) is 22.5. The van der Waals surface area contributed by atoms with Crippen molar-refractivity contribution >= 4 is 29.2 Å². The number of nitrogens with zero attached hydrogens (tertiary/aromatic N) is 3. The molecule has 0 bridgehead atoms. The number of carbonyl (C=O) groups is 3. The van der Waals surface area contributed by atoms with Gasteiger partial charge in [0.05, 0.1) is 6.42 Å². The molecule has 1 atom stereocenters. The predicted octanol–water partition coefficient (Wildman–Crippen LogP) is 3.56. The molecule has 1 saturated carbocycles. The van der Waals surface area contributed by atoms with Crippen molar-refractivity contribution < 1.29 is 14.4 Å². The Kier molecular flexibility index (Phi) is 6.23. The van der Waals surface area contributed by atoms with Crippen LogP contribution in [0.25, 0.3) is 0 Å². The zero-order chi connectivity index (χ0) is 23.8. The minimum Gasteiger partial charge on any atom is -0.352 e. The maximum absolute atomic E-state index is 14.2. The number of allylic oxidation sites excluding steroid dienone is 2. The number of benzene rings is 1. The minimum absolute atomic E-state index is 0.0570. The van der Waals surface area contributed by atoms with Gasteiger partial charge in [0.15, 0.2) is 0 Å². The number of aliphatic imine (C=N–C) groups is 1. The Morgan fingerprint density at radius 2 is 1.82 bits per heavy atom. The summed E-state index contributed by atoms with van der Waals surface area (Å²) >= 11 is 0. The van der Waals surface area contributed by atoms with E-state index in [1.165, 1.54) is 4.90 Å². The zero-order valence-electron chi connectivity index (χ0n) is 19.9. The number of hydrogen-bond acceptors (Lipinski definition) is 4. The van der Waals surface area contributed by atoms with E-state index in [4.69, 9.17) is 0 Å². The van der Waals surface area contributed by atoms with Crippen molar-refractivity contribution in [3.63, 3.8) is 0 Å². The summed E-state index contributed by atoms with van der Waals surface area (Å²) in [6.45, 7) is 7.47. The second kappa shape index (κ2) is 8.96. The summed E-state index contributed by atoms with van der Waals surface area (Å²) < 4.78 is 0. The first-order valence-electron chi connectivity index (χ1n) is 11.6. The third kappa shape index (κ3) is 4.63. The van der Waals surface area contributed by atoms with E-state index in [1.807, 2.05) is 51.1 Å². The third-order valence-corrected chi connectivity index (χ3v) is 6.67. The monoisotopic (exact) mass is 448 g/mol. The van der Waals surface area contributed by atoms with E-state index >= 15 is 0 Å². The molecule has 174 valence electrons. The van der Waals surface area contributed by atoms with Gasteiger partial charge in [-0.1, -0.05) is 25.0 Å². The Morgan fingerprint density at radius 3 is 2.48 bits per heavy atom. The van der Waals surface area contributed by atoms with Gasteiger partial charge in [0.25, 0.3) is 11.8 Å². The lowest BCUT2D eigenvalue weighted by Crippen LogP contribution is -2.62. The molecular formula is C26H32N4O3. The lowest BCUT2D eigenvalue weighted by molar-refractivity contribution is -0.133. The van der Waals surface area contributed by atoms with Crippen LogP contribution in [0.1, 0.15) is 57.1 Å². The second-order valence-corrected chi connectivity index (χ2v) is 9.63. The van der Waals surface area contributed by atoms with E-state index in [1.54, 1.807) is 18.0 Å². The molecule has 7 nitrogen and oxygen atoms in total. The van der Waals surface area contributed by atoms with Gasteiger partial charge in [-0.05, 0) is 75.4 Å². The molecule has 2 aliphatic heterocycles. The Morgan fingerprint density at radius 1 is 1.15 bits per heavy atom. The molecular weight excluding hydrogens is 416 g/mol. The Labute approximate surface area is 195 Å². The largest absolute Gasteiger partial charge is 0.352 e. The molecule has 0 spiro atoms. The molecule has 7 heteroatoms. The summed E-state index contributed by atoms with van der Waals surface area (Å²) in [5.74, 6) is -0.329. The minimum atomic E-state index is -1.19. The molecule has 4 rings (SSSR count). The number of fused-ring (bicyclic) bond motifs is 1. The van der Waals surface area contributed by atoms with Crippen LogP contribution in [0.3, 0.4) is 0 Å². The van der Waals surface area contributed by atoms with Gasteiger partial charge in [0.2, 0.25) is 5.91 Å². The van der Waals surface area contributed by atoms with Crippen LogP contribution in [0.15, 0.2) is 47.1 Å². The summed E-state index contributed by atoms with van der Waals surface area (Å²) in [5, 5.41) is 3.09. The van der Waals surface area contributed by atoms with Crippen molar-refractivity contribution in [2.24, 2.45) is 4.99 Å². The van der Waals surface area contributed by atoms with Crippen LogP contribution in [0.4, 0.5) is 5.69 Å². The molecule has 1 fully saturated rings. The second-order valence-electron chi connectivity index (χ2n) is 9.63. The van der Waals surface area contributed by atoms with Gasteiger partial charge in [0, 0.05) is 17.9 Å². The first kappa shape index (κ1) is 23.0. The third-order valence-electron chi connectivity index (χ3n) is 6.67. The van der Waals surface area contributed by atoms with E-state index in [9.17, 15) is 14.4 Å². The van der Waals surface area contributed by atoms with Gasteiger partial charge in [0.1, 0.15) is 17.9 Å². The molecule has 33 heavy (non-hydrogen) atoms. The van der Waals surface area contributed by atoms with Crippen molar-refractivity contribution in [1.82, 2.24) is 10.2 Å². The summed E-state index contributed by atoms with van der Waals surface area (Å²) in [6.07, 6.45) is 9.62. The van der Waals surface area contributed by atoms with Crippen LogP contribution in [0.5, 0.6) is 0 Å². The maximum atomic E-state index is 14.2. The number of rotatable bonds is 5. The number of amidine groups is 1. The van der Waals surface area contributed by atoms with Gasteiger partial charge >= 0.3 is 0 Å². The van der Waals surface area contributed by atoms with Crippen LogP contribution >= 0.6 is 0 Å². The maximum Gasteiger partial charge on any atom is 0.254 e. The molecule has 3 aliphatic rings. The molecule has 3 amide bonds. The average Bonchev–Trinajstić information content (AvgIpc) is 3.24. The highest BCUT2D eigenvalue weighted by atomic mass is 16.2. The van der Waals surface area contributed by atoms with E-state index in [0.717, 1.165) is 42.4 Å². The van der Waals surface area contributed by atoms with Crippen LogP contribution in [0.2, 0.25) is 0 Å². The molecule has 2 heterocycles. The molecule has 1 N–H and O–H groups in total. The molecule has 0 aromatic heterocycles. The molecule has 1 aromatic carbocycles. The quantitative estimate of drug-likeness (QED) is 0.747. The highest BCUT2D eigenvalue weighted by Crippen LogP contribution is 2.33. The predicted molar refractivity (Wildman–Crippen MR) is 129 cm³/mol.